The van der Waals surface area contributed by atoms with Gasteiger partial charge in [-0.1, -0.05) is 12.1 Å². The summed E-state index contributed by atoms with van der Waals surface area (Å²) in [5, 5.41) is 3.39. The molecule has 0 bridgehead atoms. The molecule has 1 aromatic rings. The highest BCUT2D eigenvalue weighted by atomic mass is 16.5. The molecule has 0 aliphatic rings. The third-order valence-corrected chi connectivity index (χ3v) is 2.51. The van der Waals surface area contributed by atoms with Crippen LogP contribution in [0.4, 0.5) is 0 Å². The fourth-order valence-electron chi connectivity index (χ4n) is 1.51. The maximum Gasteiger partial charge on any atom is 0.119 e. The molecule has 3 N–H and O–H groups in total. The average Bonchev–Trinajstić information content (AvgIpc) is 2.26. The second-order valence-electron chi connectivity index (χ2n) is 4.99. The molecule has 0 fully saturated rings. The van der Waals surface area contributed by atoms with Crippen molar-refractivity contribution < 1.29 is 4.74 Å². The van der Waals surface area contributed by atoms with E-state index in [4.69, 9.17) is 10.5 Å². The number of rotatable bonds is 7. The third kappa shape index (κ3) is 6.29. The Kier molecular flexibility index (Phi) is 5.45. The Morgan fingerprint density at radius 2 is 1.88 bits per heavy atom. The van der Waals surface area contributed by atoms with Gasteiger partial charge in [0.1, 0.15) is 5.75 Å². The van der Waals surface area contributed by atoms with Gasteiger partial charge in [0.15, 0.2) is 0 Å². The Morgan fingerprint density at radius 1 is 1.24 bits per heavy atom. The van der Waals surface area contributed by atoms with Crippen molar-refractivity contribution in [2.24, 2.45) is 5.73 Å². The van der Waals surface area contributed by atoms with Crippen molar-refractivity contribution in [3.63, 3.8) is 0 Å². The summed E-state index contributed by atoms with van der Waals surface area (Å²) in [6.07, 6.45) is 0.976. The highest BCUT2D eigenvalue weighted by Crippen LogP contribution is 2.11. The summed E-state index contributed by atoms with van der Waals surface area (Å²) in [6, 6.07) is 8.19. The summed E-state index contributed by atoms with van der Waals surface area (Å²) in [5.41, 5.74) is 7.09. The van der Waals surface area contributed by atoms with Gasteiger partial charge >= 0.3 is 0 Å². The van der Waals surface area contributed by atoms with Gasteiger partial charge in [0.25, 0.3) is 0 Å². The molecular weight excluding hydrogens is 212 g/mol. The van der Waals surface area contributed by atoms with E-state index in [2.05, 4.69) is 17.4 Å². The molecular formula is C14H24N2O. The molecule has 0 spiro atoms. The Bertz CT molecular complexity index is 314. The van der Waals surface area contributed by atoms with Crippen molar-refractivity contribution in [1.82, 2.24) is 5.32 Å². The van der Waals surface area contributed by atoms with E-state index < -0.39 is 0 Å². The molecule has 3 nitrogen and oxygen atoms in total. The minimum atomic E-state index is -0.0914. The van der Waals surface area contributed by atoms with Gasteiger partial charge in [0.05, 0.1) is 6.61 Å². The molecule has 0 aliphatic carbocycles. The van der Waals surface area contributed by atoms with E-state index in [1.165, 1.54) is 5.56 Å². The maximum atomic E-state index is 5.91. The first-order chi connectivity index (χ1) is 8.01. The van der Waals surface area contributed by atoms with Crippen LogP contribution < -0.4 is 15.8 Å². The van der Waals surface area contributed by atoms with Crippen molar-refractivity contribution in [3.05, 3.63) is 29.8 Å². The highest BCUT2D eigenvalue weighted by molar-refractivity contribution is 5.27. The van der Waals surface area contributed by atoms with Crippen LogP contribution in [0.5, 0.6) is 5.75 Å². The summed E-state index contributed by atoms with van der Waals surface area (Å²) < 4.78 is 5.39. The SMILES string of the molecule is CCOc1ccc(CNCCC(C)(C)N)cc1. The number of nitrogens with two attached hydrogens (primary N) is 1. The normalized spacial score (nSPS) is 11.5. The van der Waals surface area contributed by atoms with Crippen LogP contribution in [0.25, 0.3) is 0 Å². The fourth-order valence-corrected chi connectivity index (χ4v) is 1.51. The van der Waals surface area contributed by atoms with Gasteiger partial charge in [-0.3, -0.25) is 0 Å². The highest BCUT2D eigenvalue weighted by Gasteiger charge is 2.08. The molecule has 0 radical (unpaired) electrons. The van der Waals surface area contributed by atoms with E-state index in [-0.39, 0.29) is 5.54 Å². The zero-order chi connectivity index (χ0) is 12.7. The molecule has 3 heteroatoms. The molecule has 0 aromatic heterocycles. The lowest BCUT2D eigenvalue weighted by Crippen LogP contribution is -2.35. The minimum Gasteiger partial charge on any atom is -0.494 e. The zero-order valence-electron chi connectivity index (χ0n) is 11.1. The van der Waals surface area contributed by atoms with Crippen LogP contribution in [0.2, 0.25) is 0 Å². The molecule has 1 rings (SSSR count). The topological polar surface area (TPSA) is 47.3 Å². The van der Waals surface area contributed by atoms with Gasteiger partial charge in [-0.25, -0.2) is 0 Å². The first-order valence-corrected chi connectivity index (χ1v) is 6.22. The van der Waals surface area contributed by atoms with E-state index in [0.717, 1.165) is 25.3 Å². The number of hydrogen-bond acceptors (Lipinski definition) is 3. The first kappa shape index (κ1) is 14.0. The number of ether oxygens (including phenoxy) is 1. The maximum absolute atomic E-state index is 5.91. The van der Waals surface area contributed by atoms with Gasteiger partial charge in [-0.2, -0.15) is 0 Å². The van der Waals surface area contributed by atoms with Gasteiger partial charge in [-0.05, 0) is 51.4 Å². The average molecular weight is 236 g/mol. The molecule has 1 aromatic carbocycles. The number of hydrogen-bond donors (Lipinski definition) is 2. The van der Waals surface area contributed by atoms with Crippen molar-refractivity contribution in [1.29, 1.82) is 0 Å². The van der Waals surface area contributed by atoms with Gasteiger partial charge < -0.3 is 15.8 Å². The standard InChI is InChI=1S/C14H24N2O/c1-4-17-13-7-5-12(6-8-13)11-16-10-9-14(2,3)15/h5-8,16H,4,9-11,15H2,1-3H3. The summed E-state index contributed by atoms with van der Waals surface area (Å²) in [4.78, 5) is 0. The monoisotopic (exact) mass is 236 g/mol. The number of benzene rings is 1. The summed E-state index contributed by atoms with van der Waals surface area (Å²) >= 11 is 0. The van der Waals surface area contributed by atoms with Crippen molar-refractivity contribution in [2.45, 2.75) is 39.3 Å². The minimum absolute atomic E-state index is 0.0914. The van der Waals surface area contributed by atoms with Crippen molar-refractivity contribution >= 4 is 0 Å². The lowest BCUT2D eigenvalue weighted by atomic mass is 10.0. The lowest BCUT2D eigenvalue weighted by Gasteiger charge is -2.18. The van der Waals surface area contributed by atoms with E-state index in [1.54, 1.807) is 0 Å². The second-order valence-corrected chi connectivity index (χ2v) is 4.99. The van der Waals surface area contributed by atoms with Crippen LogP contribution >= 0.6 is 0 Å². The Balaban J connectivity index is 2.27. The van der Waals surface area contributed by atoms with Gasteiger partial charge in [0.2, 0.25) is 0 Å². The molecule has 17 heavy (non-hydrogen) atoms. The van der Waals surface area contributed by atoms with Gasteiger partial charge in [0, 0.05) is 12.1 Å². The van der Waals surface area contributed by atoms with E-state index in [0.29, 0.717) is 6.61 Å². The van der Waals surface area contributed by atoms with E-state index >= 15 is 0 Å². The Morgan fingerprint density at radius 3 is 2.41 bits per heavy atom. The molecule has 0 aliphatic heterocycles. The third-order valence-electron chi connectivity index (χ3n) is 2.51. The smallest absolute Gasteiger partial charge is 0.119 e. The quantitative estimate of drug-likeness (QED) is 0.714. The Hall–Kier alpha value is -1.06. The number of nitrogens with one attached hydrogen (secondary N) is 1. The largest absolute Gasteiger partial charge is 0.494 e. The predicted octanol–water partition coefficient (Wildman–Crippen LogP) is 2.30. The van der Waals surface area contributed by atoms with Crippen molar-refractivity contribution in [3.8, 4) is 5.75 Å². The van der Waals surface area contributed by atoms with Crippen LogP contribution in [-0.2, 0) is 6.54 Å². The molecule has 0 amide bonds. The zero-order valence-corrected chi connectivity index (χ0v) is 11.1. The van der Waals surface area contributed by atoms with Crippen LogP contribution in [0.1, 0.15) is 32.8 Å². The first-order valence-electron chi connectivity index (χ1n) is 6.22. The van der Waals surface area contributed by atoms with E-state index in [1.807, 2.05) is 32.9 Å². The second kappa shape index (κ2) is 6.62. The summed E-state index contributed by atoms with van der Waals surface area (Å²) in [6.45, 7) is 8.61. The summed E-state index contributed by atoms with van der Waals surface area (Å²) in [7, 11) is 0. The Labute approximate surface area is 104 Å². The lowest BCUT2D eigenvalue weighted by molar-refractivity contribution is 0.340. The fraction of sp³-hybridized carbons (Fsp3) is 0.571. The molecule has 0 unspecified atom stereocenters. The molecule has 0 atom stereocenters. The predicted molar refractivity (Wildman–Crippen MR) is 72.2 cm³/mol. The van der Waals surface area contributed by atoms with Crippen LogP contribution in [0.3, 0.4) is 0 Å². The van der Waals surface area contributed by atoms with Crippen LogP contribution in [0, 0.1) is 0 Å². The molecule has 0 heterocycles. The van der Waals surface area contributed by atoms with Crippen molar-refractivity contribution in [2.75, 3.05) is 13.2 Å². The molecule has 96 valence electrons. The van der Waals surface area contributed by atoms with Crippen LogP contribution in [0.15, 0.2) is 24.3 Å². The summed E-state index contributed by atoms with van der Waals surface area (Å²) in [5.74, 6) is 0.930. The molecule has 0 saturated carbocycles. The molecule has 0 saturated heterocycles. The van der Waals surface area contributed by atoms with E-state index in [9.17, 15) is 0 Å². The van der Waals surface area contributed by atoms with Crippen LogP contribution in [-0.4, -0.2) is 18.7 Å². The van der Waals surface area contributed by atoms with Gasteiger partial charge in [-0.15, -0.1) is 0 Å².